The largest absolute Gasteiger partial charge is 0.378 e. The zero-order chi connectivity index (χ0) is 17.7. The SMILES string of the molecule is CCCCCCCC1CCC(C2CCC(OCCCCC)CC2)CC1. The molecular weight excluding hydrogens is 304 g/mol. The van der Waals surface area contributed by atoms with Crippen molar-refractivity contribution in [1.82, 2.24) is 0 Å². The van der Waals surface area contributed by atoms with Crippen LogP contribution in [0.3, 0.4) is 0 Å². The minimum Gasteiger partial charge on any atom is -0.378 e. The zero-order valence-corrected chi connectivity index (χ0v) is 17.4. The van der Waals surface area contributed by atoms with Gasteiger partial charge in [-0.05, 0) is 62.7 Å². The fraction of sp³-hybridized carbons (Fsp3) is 1.00. The van der Waals surface area contributed by atoms with Crippen LogP contribution in [0.25, 0.3) is 0 Å². The average molecular weight is 351 g/mol. The van der Waals surface area contributed by atoms with Crippen molar-refractivity contribution in [2.45, 2.75) is 129 Å². The lowest BCUT2D eigenvalue weighted by molar-refractivity contribution is 0.00538. The molecule has 0 aliphatic heterocycles. The molecule has 0 bridgehead atoms. The summed E-state index contributed by atoms with van der Waals surface area (Å²) in [6, 6.07) is 0. The normalized spacial score (nSPS) is 30.5. The Bertz CT molecular complexity index is 297. The Balaban J connectivity index is 1.52. The highest BCUT2D eigenvalue weighted by Crippen LogP contribution is 2.41. The second-order valence-corrected chi connectivity index (χ2v) is 9.10. The summed E-state index contributed by atoms with van der Waals surface area (Å²) in [5, 5.41) is 0. The van der Waals surface area contributed by atoms with Crippen LogP contribution in [-0.4, -0.2) is 12.7 Å². The van der Waals surface area contributed by atoms with Gasteiger partial charge in [-0.3, -0.25) is 0 Å². The quantitative estimate of drug-likeness (QED) is 0.325. The standard InChI is InChI=1S/C24H46O/c1-3-5-7-8-9-11-21-12-14-22(15-13-21)23-16-18-24(19-17-23)25-20-10-6-4-2/h21-24H,3-20H2,1-2H3. The maximum Gasteiger partial charge on any atom is 0.0575 e. The summed E-state index contributed by atoms with van der Waals surface area (Å²) in [5.41, 5.74) is 0. The highest BCUT2D eigenvalue weighted by Gasteiger charge is 2.30. The molecule has 1 nitrogen and oxygen atoms in total. The van der Waals surface area contributed by atoms with E-state index in [0.29, 0.717) is 6.10 Å². The molecule has 2 aliphatic carbocycles. The minimum atomic E-state index is 0.590. The van der Waals surface area contributed by atoms with E-state index in [1.165, 1.54) is 109 Å². The topological polar surface area (TPSA) is 9.23 Å². The molecule has 0 spiro atoms. The first kappa shape index (κ1) is 21.3. The molecular formula is C24H46O. The van der Waals surface area contributed by atoms with Crippen LogP contribution in [0.1, 0.15) is 123 Å². The van der Waals surface area contributed by atoms with Crippen molar-refractivity contribution in [3.63, 3.8) is 0 Å². The minimum absolute atomic E-state index is 0.590. The van der Waals surface area contributed by atoms with Crippen molar-refractivity contribution in [1.29, 1.82) is 0 Å². The molecule has 1 heteroatoms. The number of hydrogen-bond acceptors (Lipinski definition) is 1. The second-order valence-electron chi connectivity index (χ2n) is 9.10. The van der Waals surface area contributed by atoms with E-state index < -0.39 is 0 Å². The van der Waals surface area contributed by atoms with Gasteiger partial charge in [0.1, 0.15) is 0 Å². The molecule has 0 N–H and O–H groups in total. The maximum absolute atomic E-state index is 6.11. The molecule has 0 aromatic rings. The molecule has 0 unspecified atom stereocenters. The average Bonchev–Trinajstić information content (AvgIpc) is 2.66. The van der Waals surface area contributed by atoms with Crippen molar-refractivity contribution in [3.05, 3.63) is 0 Å². The molecule has 0 amide bonds. The summed E-state index contributed by atoms with van der Waals surface area (Å²) >= 11 is 0. The van der Waals surface area contributed by atoms with Gasteiger partial charge in [-0.25, -0.2) is 0 Å². The van der Waals surface area contributed by atoms with Gasteiger partial charge in [0.15, 0.2) is 0 Å². The highest BCUT2D eigenvalue weighted by molar-refractivity contribution is 4.82. The molecule has 2 aliphatic rings. The van der Waals surface area contributed by atoms with Crippen LogP contribution < -0.4 is 0 Å². The van der Waals surface area contributed by atoms with E-state index in [9.17, 15) is 0 Å². The third-order valence-corrected chi connectivity index (χ3v) is 7.09. The molecule has 2 fully saturated rings. The van der Waals surface area contributed by atoms with E-state index in [0.717, 1.165) is 24.4 Å². The first-order valence-corrected chi connectivity index (χ1v) is 11.9. The number of rotatable bonds is 12. The van der Waals surface area contributed by atoms with Crippen molar-refractivity contribution in [3.8, 4) is 0 Å². The molecule has 25 heavy (non-hydrogen) atoms. The first-order chi connectivity index (χ1) is 12.3. The van der Waals surface area contributed by atoms with Crippen molar-refractivity contribution >= 4 is 0 Å². The van der Waals surface area contributed by atoms with Crippen molar-refractivity contribution in [2.24, 2.45) is 17.8 Å². The summed E-state index contributed by atoms with van der Waals surface area (Å²) in [7, 11) is 0. The fourth-order valence-electron chi connectivity index (χ4n) is 5.31. The van der Waals surface area contributed by atoms with Gasteiger partial charge >= 0.3 is 0 Å². The van der Waals surface area contributed by atoms with E-state index in [-0.39, 0.29) is 0 Å². The Morgan fingerprint density at radius 1 is 0.600 bits per heavy atom. The van der Waals surface area contributed by atoms with Gasteiger partial charge in [0.2, 0.25) is 0 Å². The Hall–Kier alpha value is -0.0400. The molecule has 0 aromatic heterocycles. The fourth-order valence-corrected chi connectivity index (χ4v) is 5.31. The zero-order valence-electron chi connectivity index (χ0n) is 17.4. The first-order valence-electron chi connectivity index (χ1n) is 11.9. The van der Waals surface area contributed by atoms with Gasteiger partial charge in [-0.1, -0.05) is 78.1 Å². The molecule has 0 saturated heterocycles. The van der Waals surface area contributed by atoms with Crippen LogP contribution in [-0.2, 0) is 4.74 Å². The van der Waals surface area contributed by atoms with Gasteiger partial charge in [0, 0.05) is 6.61 Å². The van der Waals surface area contributed by atoms with E-state index in [1.807, 2.05) is 0 Å². The predicted octanol–water partition coefficient (Wildman–Crippen LogP) is 7.92. The lowest BCUT2D eigenvalue weighted by atomic mass is 9.70. The van der Waals surface area contributed by atoms with Crippen LogP contribution in [0.4, 0.5) is 0 Å². The predicted molar refractivity (Wildman–Crippen MR) is 110 cm³/mol. The molecule has 0 atom stereocenters. The van der Waals surface area contributed by atoms with E-state index in [1.54, 1.807) is 0 Å². The summed E-state index contributed by atoms with van der Waals surface area (Å²) in [5.74, 6) is 3.15. The van der Waals surface area contributed by atoms with Crippen LogP contribution in [0.5, 0.6) is 0 Å². The molecule has 2 rings (SSSR count). The summed E-state index contributed by atoms with van der Waals surface area (Å²) in [4.78, 5) is 0. The van der Waals surface area contributed by atoms with Crippen LogP contribution in [0, 0.1) is 17.8 Å². The maximum atomic E-state index is 6.11. The van der Waals surface area contributed by atoms with E-state index >= 15 is 0 Å². The van der Waals surface area contributed by atoms with Crippen LogP contribution >= 0.6 is 0 Å². The monoisotopic (exact) mass is 350 g/mol. The molecule has 0 aromatic carbocycles. The Labute approximate surface area is 158 Å². The van der Waals surface area contributed by atoms with Gasteiger partial charge in [-0.2, -0.15) is 0 Å². The van der Waals surface area contributed by atoms with Crippen molar-refractivity contribution in [2.75, 3.05) is 6.61 Å². The second kappa shape index (κ2) is 13.2. The molecule has 148 valence electrons. The Morgan fingerprint density at radius 2 is 1.16 bits per heavy atom. The number of ether oxygens (including phenoxy) is 1. The smallest absolute Gasteiger partial charge is 0.0575 e. The van der Waals surface area contributed by atoms with Gasteiger partial charge in [0.05, 0.1) is 6.10 Å². The van der Waals surface area contributed by atoms with Crippen LogP contribution in [0.2, 0.25) is 0 Å². The highest BCUT2D eigenvalue weighted by atomic mass is 16.5. The van der Waals surface area contributed by atoms with Gasteiger partial charge in [-0.15, -0.1) is 0 Å². The van der Waals surface area contributed by atoms with E-state index in [2.05, 4.69) is 13.8 Å². The lowest BCUT2D eigenvalue weighted by Crippen LogP contribution is -2.28. The molecule has 0 radical (unpaired) electrons. The third kappa shape index (κ3) is 8.46. The molecule has 0 heterocycles. The van der Waals surface area contributed by atoms with Gasteiger partial charge < -0.3 is 4.74 Å². The third-order valence-electron chi connectivity index (χ3n) is 7.09. The Morgan fingerprint density at radius 3 is 1.80 bits per heavy atom. The summed E-state index contributed by atoms with van der Waals surface area (Å²) in [6.07, 6.45) is 25.0. The lowest BCUT2D eigenvalue weighted by Gasteiger charge is -2.38. The van der Waals surface area contributed by atoms with Gasteiger partial charge in [0.25, 0.3) is 0 Å². The summed E-state index contributed by atoms with van der Waals surface area (Å²) < 4.78 is 6.11. The number of hydrogen-bond donors (Lipinski definition) is 0. The summed E-state index contributed by atoms with van der Waals surface area (Å²) in [6.45, 7) is 5.59. The van der Waals surface area contributed by atoms with Crippen molar-refractivity contribution < 1.29 is 4.74 Å². The van der Waals surface area contributed by atoms with E-state index in [4.69, 9.17) is 4.74 Å². The Kier molecular flexibility index (Phi) is 11.2. The number of unbranched alkanes of at least 4 members (excludes halogenated alkanes) is 6. The molecule has 2 saturated carbocycles. The van der Waals surface area contributed by atoms with Crippen LogP contribution in [0.15, 0.2) is 0 Å².